The van der Waals surface area contributed by atoms with Gasteiger partial charge in [0.05, 0.1) is 5.92 Å². The van der Waals surface area contributed by atoms with E-state index in [2.05, 4.69) is 0 Å². The van der Waals surface area contributed by atoms with Crippen molar-refractivity contribution in [3.8, 4) is 11.5 Å². The van der Waals surface area contributed by atoms with Crippen LogP contribution in [-0.4, -0.2) is 30.1 Å². The molecule has 19 heavy (non-hydrogen) atoms. The molecule has 102 valence electrons. The van der Waals surface area contributed by atoms with Crippen LogP contribution in [0.1, 0.15) is 29.3 Å². The average molecular weight is 264 g/mol. The summed E-state index contributed by atoms with van der Waals surface area (Å²) in [5.74, 6) is -0.678. The van der Waals surface area contributed by atoms with Crippen LogP contribution in [0.3, 0.4) is 0 Å². The molecule has 0 saturated heterocycles. The lowest BCUT2D eigenvalue weighted by Gasteiger charge is -2.20. The molecule has 0 spiro atoms. The summed E-state index contributed by atoms with van der Waals surface area (Å²) in [6, 6.07) is 3.40. The molecular weight excluding hydrogens is 248 g/mol. The molecule has 1 aliphatic rings. The van der Waals surface area contributed by atoms with E-state index in [1.165, 1.54) is 6.92 Å². The molecule has 1 aromatic rings. The lowest BCUT2D eigenvalue weighted by Crippen LogP contribution is -2.18. The fourth-order valence-electron chi connectivity index (χ4n) is 1.97. The van der Waals surface area contributed by atoms with Gasteiger partial charge >= 0.3 is 5.97 Å². The van der Waals surface area contributed by atoms with Gasteiger partial charge in [0.1, 0.15) is 13.2 Å². The topological polar surface area (TPSA) is 72.8 Å². The maximum absolute atomic E-state index is 12.1. The molecule has 1 heterocycles. The summed E-state index contributed by atoms with van der Waals surface area (Å²) in [5, 5.41) is 8.84. The number of hydrogen-bond acceptors (Lipinski definition) is 4. The van der Waals surface area contributed by atoms with Crippen LogP contribution in [0.2, 0.25) is 0 Å². The Hall–Kier alpha value is -2.04. The van der Waals surface area contributed by atoms with E-state index in [4.69, 9.17) is 14.6 Å². The van der Waals surface area contributed by atoms with Gasteiger partial charge < -0.3 is 14.6 Å². The van der Waals surface area contributed by atoms with Gasteiger partial charge in [-0.1, -0.05) is 6.92 Å². The number of carbonyl (C=O) groups excluding carboxylic acids is 1. The van der Waals surface area contributed by atoms with Gasteiger partial charge in [-0.2, -0.15) is 0 Å². The summed E-state index contributed by atoms with van der Waals surface area (Å²) in [6.45, 7) is 4.27. The first-order valence-corrected chi connectivity index (χ1v) is 6.15. The number of ether oxygens (including phenoxy) is 2. The Morgan fingerprint density at radius 2 is 1.84 bits per heavy atom. The third-order valence-corrected chi connectivity index (χ3v) is 3.10. The van der Waals surface area contributed by atoms with E-state index in [1.807, 2.05) is 0 Å². The number of aryl methyl sites for hydroxylation is 1. The van der Waals surface area contributed by atoms with Crippen LogP contribution in [0, 0.1) is 12.8 Å². The van der Waals surface area contributed by atoms with Crippen molar-refractivity contribution in [2.45, 2.75) is 20.3 Å². The molecular formula is C14H16O5. The minimum absolute atomic E-state index is 0.0180. The Kier molecular flexibility index (Phi) is 3.74. The van der Waals surface area contributed by atoms with E-state index in [0.717, 1.165) is 5.56 Å². The molecule has 1 N–H and O–H groups in total. The van der Waals surface area contributed by atoms with Crippen molar-refractivity contribution >= 4 is 11.8 Å². The van der Waals surface area contributed by atoms with Crippen molar-refractivity contribution in [1.29, 1.82) is 0 Å². The smallest absolute Gasteiger partial charge is 0.306 e. The molecule has 0 amide bonds. The summed E-state index contributed by atoms with van der Waals surface area (Å²) in [4.78, 5) is 22.9. The molecule has 0 aliphatic carbocycles. The summed E-state index contributed by atoms with van der Waals surface area (Å²) >= 11 is 0. The van der Waals surface area contributed by atoms with Crippen molar-refractivity contribution in [2.75, 3.05) is 13.2 Å². The molecule has 0 saturated carbocycles. The van der Waals surface area contributed by atoms with E-state index in [1.54, 1.807) is 19.1 Å². The predicted octanol–water partition coefficient (Wildman–Crippen LogP) is 2.06. The second kappa shape index (κ2) is 5.30. The number of Topliss-reactive ketones (excluding diaryl/α,β-unsaturated/α-hetero) is 1. The van der Waals surface area contributed by atoms with Crippen molar-refractivity contribution in [1.82, 2.24) is 0 Å². The second-order valence-electron chi connectivity index (χ2n) is 4.68. The number of rotatable bonds is 4. The molecule has 1 atom stereocenters. The van der Waals surface area contributed by atoms with Gasteiger partial charge in [-0.25, -0.2) is 0 Å². The number of carbonyl (C=O) groups is 2. The SMILES string of the molecule is Cc1cc2c(cc1C(=O)CC(C)C(=O)O)OCCO2. The normalized spacial score (nSPS) is 14.8. The van der Waals surface area contributed by atoms with E-state index in [9.17, 15) is 9.59 Å². The molecule has 0 aromatic heterocycles. The monoisotopic (exact) mass is 264 g/mol. The fourth-order valence-corrected chi connectivity index (χ4v) is 1.97. The van der Waals surface area contributed by atoms with Crippen LogP contribution in [0.15, 0.2) is 12.1 Å². The Morgan fingerprint density at radius 3 is 2.42 bits per heavy atom. The number of fused-ring (bicyclic) bond motifs is 1. The van der Waals surface area contributed by atoms with E-state index in [0.29, 0.717) is 30.3 Å². The number of hydrogen-bond donors (Lipinski definition) is 1. The molecule has 1 unspecified atom stereocenters. The van der Waals surface area contributed by atoms with Crippen molar-refractivity contribution < 1.29 is 24.2 Å². The molecule has 1 aliphatic heterocycles. The molecule has 5 nitrogen and oxygen atoms in total. The van der Waals surface area contributed by atoms with E-state index in [-0.39, 0.29) is 12.2 Å². The number of carboxylic acid groups (broad SMARTS) is 1. The first-order valence-electron chi connectivity index (χ1n) is 6.15. The number of aliphatic carboxylic acids is 1. The van der Waals surface area contributed by atoms with E-state index >= 15 is 0 Å². The van der Waals surface area contributed by atoms with Crippen LogP contribution in [0.5, 0.6) is 11.5 Å². The molecule has 0 bridgehead atoms. The molecule has 5 heteroatoms. The third kappa shape index (κ3) is 2.86. The Balaban J connectivity index is 2.24. The first-order chi connectivity index (χ1) is 8.99. The van der Waals surface area contributed by atoms with Crippen LogP contribution < -0.4 is 9.47 Å². The number of carboxylic acids is 1. The maximum Gasteiger partial charge on any atom is 0.306 e. The van der Waals surface area contributed by atoms with Gasteiger partial charge in [-0.15, -0.1) is 0 Å². The summed E-state index contributed by atoms with van der Waals surface area (Å²) < 4.78 is 10.9. The third-order valence-electron chi connectivity index (χ3n) is 3.10. The predicted molar refractivity (Wildman–Crippen MR) is 67.9 cm³/mol. The summed E-state index contributed by atoms with van der Waals surface area (Å²) in [7, 11) is 0. The van der Waals surface area contributed by atoms with Gasteiger partial charge in [0.15, 0.2) is 17.3 Å². The van der Waals surface area contributed by atoms with Crippen LogP contribution in [0.4, 0.5) is 0 Å². The largest absolute Gasteiger partial charge is 0.486 e. The Bertz CT molecular complexity index is 521. The molecule has 2 rings (SSSR count). The minimum atomic E-state index is -0.969. The highest BCUT2D eigenvalue weighted by molar-refractivity contribution is 5.99. The summed E-state index contributed by atoms with van der Waals surface area (Å²) in [6.07, 6.45) is -0.0180. The zero-order valence-corrected chi connectivity index (χ0v) is 10.9. The van der Waals surface area contributed by atoms with Crippen molar-refractivity contribution in [3.63, 3.8) is 0 Å². The van der Waals surface area contributed by atoms with Crippen molar-refractivity contribution in [2.24, 2.45) is 5.92 Å². The lowest BCUT2D eigenvalue weighted by atomic mass is 9.96. The maximum atomic E-state index is 12.1. The van der Waals surface area contributed by atoms with Crippen LogP contribution >= 0.6 is 0 Å². The van der Waals surface area contributed by atoms with Gasteiger partial charge in [0, 0.05) is 12.0 Å². The zero-order valence-electron chi connectivity index (χ0n) is 10.9. The van der Waals surface area contributed by atoms with Gasteiger partial charge in [0.2, 0.25) is 0 Å². The zero-order chi connectivity index (χ0) is 14.0. The molecule has 1 aromatic carbocycles. The highest BCUT2D eigenvalue weighted by Gasteiger charge is 2.21. The van der Waals surface area contributed by atoms with Crippen LogP contribution in [0.25, 0.3) is 0 Å². The van der Waals surface area contributed by atoms with Gasteiger partial charge in [-0.05, 0) is 24.6 Å². The number of benzene rings is 1. The molecule has 0 radical (unpaired) electrons. The lowest BCUT2D eigenvalue weighted by molar-refractivity contribution is -0.141. The average Bonchev–Trinajstić information content (AvgIpc) is 2.37. The first kappa shape index (κ1) is 13.4. The quantitative estimate of drug-likeness (QED) is 0.843. The van der Waals surface area contributed by atoms with Gasteiger partial charge in [-0.3, -0.25) is 9.59 Å². The highest BCUT2D eigenvalue weighted by atomic mass is 16.6. The van der Waals surface area contributed by atoms with E-state index < -0.39 is 11.9 Å². The molecule has 0 fully saturated rings. The van der Waals surface area contributed by atoms with Crippen LogP contribution in [-0.2, 0) is 4.79 Å². The highest BCUT2D eigenvalue weighted by Crippen LogP contribution is 2.33. The second-order valence-corrected chi connectivity index (χ2v) is 4.68. The summed E-state index contributed by atoms with van der Waals surface area (Å²) in [5.41, 5.74) is 1.27. The Morgan fingerprint density at radius 1 is 1.26 bits per heavy atom. The number of ketones is 1. The minimum Gasteiger partial charge on any atom is -0.486 e. The fraction of sp³-hybridized carbons (Fsp3) is 0.429. The standard InChI is InChI=1S/C14H16O5/c1-8-6-12-13(19-4-3-18-12)7-10(8)11(15)5-9(2)14(16)17/h6-7,9H,3-5H2,1-2H3,(H,16,17). The van der Waals surface area contributed by atoms with Gasteiger partial charge in [0.25, 0.3) is 0 Å². The van der Waals surface area contributed by atoms with Crippen molar-refractivity contribution in [3.05, 3.63) is 23.3 Å². The Labute approximate surface area is 111 Å².